The molecule has 70 valence electrons. The molecule has 0 radical (unpaired) electrons. The SMILES string of the molecule is O=C(O)CC[C@@H](Br)[C@@H](Br)C(=O)O. The molecule has 2 N–H and O–H groups in total. The largest absolute Gasteiger partial charge is 0.481 e. The van der Waals surface area contributed by atoms with E-state index in [-0.39, 0.29) is 17.7 Å². The second-order valence-electron chi connectivity index (χ2n) is 2.19. The van der Waals surface area contributed by atoms with Crippen LogP contribution in [-0.2, 0) is 9.59 Å². The second kappa shape index (κ2) is 5.53. The van der Waals surface area contributed by atoms with E-state index in [1.807, 2.05) is 0 Å². The number of halogens is 2. The Hall–Kier alpha value is -0.100. The van der Waals surface area contributed by atoms with Gasteiger partial charge in [-0.1, -0.05) is 31.9 Å². The maximum atomic E-state index is 10.4. The molecule has 0 unspecified atom stereocenters. The summed E-state index contributed by atoms with van der Waals surface area (Å²) in [6, 6.07) is 0. The van der Waals surface area contributed by atoms with Crippen LogP contribution in [0.3, 0.4) is 0 Å². The molecule has 0 aliphatic carbocycles. The summed E-state index contributed by atoms with van der Waals surface area (Å²) < 4.78 is 0. The van der Waals surface area contributed by atoms with E-state index in [1.165, 1.54) is 0 Å². The Kier molecular flexibility index (Phi) is 5.48. The molecule has 0 bridgehead atoms. The fraction of sp³-hybridized carbons (Fsp3) is 0.667. The van der Waals surface area contributed by atoms with Crippen LogP contribution in [0.4, 0.5) is 0 Å². The van der Waals surface area contributed by atoms with Crippen LogP contribution >= 0.6 is 31.9 Å². The molecule has 0 heterocycles. The first-order valence-electron chi connectivity index (χ1n) is 3.18. The highest BCUT2D eigenvalue weighted by molar-refractivity contribution is 9.12. The number of hydrogen-bond acceptors (Lipinski definition) is 2. The molecule has 0 aromatic rings. The van der Waals surface area contributed by atoms with Crippen molar-refractivity contribution in [1.82, 2.24) is 0 Å². The maximum Gasteiger partial charge on any atom is 0.318 e. The van der Waals surface area contributed by atoms with Crippen molar-refractivity contribution >= 4 is 43.8 Å². The summed E-state index contributed by atoms with van der Waals surface area (Å²) in [6.45, 7) is 0. The van der Waals surface area contributed by atoms with Crippen molar-refractivity contribution in [3.63, 3.8) is 0 Å². The Morgan fingerprint density at radius 2 is 1.75 bits per heavy atom. The number of aliphatic carboxylic acids is 2. The third kappa shape index (κ3) is 4.71. The minimum absolute atomic E-state index is 0.0364. The normalized spacial score (nSPS) is 15.2. The van der Waals surface area contributed by atoms with Crippen LogP contribution in [0, 0.1) is 0 Å². The maximum absolute atomic E-state index is 10.4. The van der Waals surface area contributed by atoms with Crippen LogP contribution < -0.4 is 0 Å². The van der Waals surface area contributed by atoms with Gasteiger partial charge in [0.25, 0.3) is 0 Å². The van der Waals surface area contributed by atoms with E-state index in [0.717, 1.165) is 0 Å². The van der Waals surface area contributed by atoms with Crippen molar-refractivity contribution in [3.05, 3.63) is 0 Å². The third-order valence-corrected chi connectivity index (χ3v) is 3.91. The predicted octanol–water partition coefficient (Wildman–Crippen LogP) is 1.46. The van der Waals surface area contributed by atoms with Gasteiger partial charge in [0.1, 0.15) is 4.83 Å². The second-order valence-corrected chi connectivity index (χ2v) is 4.35. The average molecular weight is 304 g/mol. The van der Waals surface area contributed by atoms with Crippen LogP contribution in [0.5, 0.6) is 0 Å². The zero-order valence-electron chi connectivity index (χ0n) is 6.04. The highest BCUT2D eigenvalue weighted by Crippen LogP contribution is 2.19. The van der Waals surface area contributed by atoms with Crippen LogP contribution in [0.1, 0.15) is 12.8 Å². The van der Waals surface area contributed by atoms with E-state index >= 15 is 0 Å². The topological polar surface area (TPSA) is 74.6 Å². The zero-order chi connectivity index (χ0) is 9.72. The third-order valence-electron chi connectivity index (χ3n) is 1.19. The molecule has 0 aromatic heterocycles. The van der Waals surface area contributed by atoms with Gasteiger partial charge in [-0.25, -0.2) is 0 Å². The van der Waals surface area contributed by atoms with Crippen LogP contribution in [0.2, 0.25) is 0 Å². The number of carbonyl (C=O) groups is 2. The predicted molar refractivity (Wildman–Crippen MR) is 49.9 cm³/mol. The summed E-state index contributed by atoms with van der Waals surface area (Å²) in [4.78, 5) is 19.4. The van der Waals surface area contributed by atoms with Crippen molar-refractivity contribution in [3.8, 4) is 0 Å². The van der Waals surface area contributed by atoms with E-state index in [2.05, 4.69) is 31.9 Å². The van der Waals surface area contributed by atoms with E-state index in [4.69, 9.17) is 10.2 Å². The molecule has 0 aliphatic heterocycles. The van der Waals surface area contributed by atoms with Gasteiger partial charge in [-0.05, 0) is 6.42 Å². The molecule has 0 saturated carbocycles. The molecule has 0 spiro atoms. The monoisotopic (exact) mass is 302 g/mol. The molecule has 4 nitrogen and oxygen atoms in total. The van der Waals surface area contributed by atoms with Gasteiger partial charge in [0, 0.05) is 11.2 Å². The molecule has 0 rings (SSSR count). The summed E-state index contributed by atoms with van der Waals surface area (Å²) in [5, 5.41) is 16.8. The lowest BCUT2D eigenvalue weighted by atomic mass is 10.2. The Balaban J connectivity index is 3.79. The highest BCUT2D eigenvalue weighted by atomic mass is 79.9. The molecule has 0 saturated heterocycles. The van der Waals surface area contributed by atoms with Crippen LogP contribution in [0.25, 0.3) is 0 Å². The summed E-state index contributed by atoms with van der Waals surface area (Å²) in [6.07, 6.45) is 0.253. The Morgan fingerprint density at radius 3 is 2.08 bits per heavy atom. The van der Waals surface area contributed by atoms with E-state index in [1.54, 1.807) is 0 Å². The van der Waals surface area contributed by atoms with Crippen molar-refractivity contribution in [2.24, 2.45) is 0 Å². The Morgan fingerprint density at radius 1 is 1.25 bits per heavy atom. The van der Waals surface area contributed by atoms with Gasteiger partial charge in [0.15, 0.2) is 0 Å². The summed E-state index contributed by atoms with van der Waals surface area (Å²) in [5.41, 5.74) is 0. The summed E-state index contributed by atoms with van der Waals surface area (Å²) in [5.74, 6) is -1.92. The van der Waals surface area contributed by atoms with Crippen molar-refractivity contribution in [2.75, 3.05) is 0 Å². The zero-order valence-corrected chi connectivity index (χ0v) is 9.21. The van der Waals surface area contributed by atoms with E-state index in [0.29, 0.717) is 0 Å². The Labute approximate surface area is 86.2 Å². The molecule has 0 aliphatic rings. The van der Waals surface area contributed by atoms with Gasteiger partial charge in [-0.2, -0.15) is 0 Å². The lowest BCUT2D eigenvalue weighted by Crippen LogP contribution is -2.24. The van der Waals surface area contributed by atoms with E-state index in [9.17, 15) is 9.59 Å². The first-order valence-corrected chi connectivity index (χ1v) is 5.01. The van der Waals surface area contributed by atoms with Crippen molar-refractivity contribution < 1.29 is 19.8 Å². The fourth-order valence-corrected chi connectivity index (χ4v) is 1.28. The number of carboxylic acid groups (broad SMARTS) is 2. The lowest BCUT2D eigenvalue weighted by molar-refractivity contribution is -0.138. The van der Waals surface area contributed by atoms with Crippen molar-refractivity contribution in [1.29, 1.82) is 0 Å². The van der Waals surface area contributed by atoms with Gasteiger partial charge in [-0.15, -0.1) is 0 Å². The summed E-state index contributed by atoms with van der Waals surface area (Å²) >= 11 is 6.00. The quantitative estimate of drug-likeness (QED) is 0.754. The van der Waals surface area contributed by atoms with Gasteiger partial charge < -0.3 is 10.2 Å². The molecule has 0 aromatic carbocycles. The standard InChI is InChI=1S/C6H8Br2O4/c7-3(1-2-4(9)10)5(8)6(11)12/h3,5H,1-2H2,(H,9,10)(H,11,12)/t3-,5-/m1/s1. The molecule has 0 fully saturated rings. The number of carboxylic acids is 2. The lowest BCUT2D eigenvalue weighted by Gasteiger charge is -2.10. The molecule has 2 atom stereocenters. The Bertz CT molecular complexity index is 182. The minimum atomic E-state index is -0.998. The van der Waals surface area contributed by atoms with Gasteiger partial charge in [0.05, 0.1) is 0 Å². The van der Waals surface area contributed by atoms with Crippen molar-refractivity contribution in [2.45, 2.75) is 22.5 Å². The first-order chi connectivity index (χ1) is 5.45. The molecular formula is C6H8Br2O4. The average Bonchev–Trinajstić information content (AvgIpc) is 1.98. The smallest absolute Gasteiger partial charge is 0.318 e. The van der Waals surface area contributed by atoms with Gasteiger partial charge in [-0.3, -0.25) is 9.59 Å². The minimum Gasteiger partial charge on any atom is -0.481 e. The highest BCUT2D eigenvalue weighted by Gasteiger charge is 2.23. The van der Waals surface area contributed by atoms with Crippen LogP contribution in [0.15, 0.2) is 0 Å². The van der Waals surface area contributed by atoms with Gasteiger partial charge >= 0.3 is 11.9 Å². The number of alkyl halides is 2. The van der Waals surface area contributed by atoms with Crippen LogP contribution in [-0.4, -0.2) is 31.8 Å². The number of hydrogen-bond donors (Lipinski definition) is 2. The van der Waals surface area contributed by atoms with E-state index < -0.39 is 16.8 Å². The first kappa shape index (κ1) is 11.9. The number of rotatable bonds is 5. The molecule has 6 heteroatoms. The molecule has 12 heavy (non-hydrogen) atoms. The van der Waals surface area contributed by atoms with Gasteiger partial charge in [0.2, 0.25) is 0 Å². The summed E-state index contributed by atoms with van der Waals surface area (Å²) in [7, 11) is 0. The molecule has 0 amide bonds. The molecular weight excluding hydrogens is 296 g/mol. The fourth-order valence-electron chi connectivity index (χ4n) is 0.562.